The molecule has 0 spiro atoms. The highest BCUT2D eigenvalue weighted by atomic mass is 16.4. The molecule has 3 nitrogen and oxygen atoms in total. The molecule has 1 fully saturated rings. The van der Waals surface area contributed by atoms with Crippen molar-refractivity contribution in [3.63, 3.8) is 0 Å². The van der Waals surface area contributed by atoms with Crippen LogP contribution in [0.15, 0.2) is 0 Å². The number of aliphatic hydroxyl groups is 1. The van der Waals surface area contributed by atoms with Crippen LogP contribution in [0.3, 0.4) is 0 Å². The minimum Gasteiger partial charge on any atom is -0.479 e. The highest BCUT2D eigenvalue weighted by Gasteiger charge is 2.45. The topological polar surface area (TPSA) is 57.5 Å². The van der Waals surface area contributed by atoms with E-state index in [1.54, 1.807) is 0 Å². The molecule has 2 N–H and O–H groups in total. The van der Waals surface area contributed by atoms with Gasteiger partial charge in [0.1, 0.15) is 0 Å². The zero-order chi connectivity index (χ0) is 8.70. The number of aliphatic carboxylic acids is 1. The van der Waals surface area contributed by atoms with Gasteiger partial charge in [-0.05, 0) is 31.6 Å². The molecule has 1 unspecified atom stereocenters. The van der Waals surface area contributed by atoms with E-state index in [1.807, 2.05) is 6.92 Å². The van der Waals surface area contributed by atoms with Crippen LogP contribution in [0.2, 0.25) is 0 Å². The van der Waals surface area contributed by atoms with E-state index in [0.717, 1.165) is 12.8 Å². The van der Waals surface area contributed by atoms with E-state index in [0.29, 0.717) is 6.42 Å². The Kier molecular flexibility index (Phi) is 1.71. The zero-order valence-corrected chi connectivity index (χ0v) is 6.92. The second kappa shape index (κ2) is 2.21. The molecular formula is C8H14O3. The molecule has 11 heavy (non-hydrogen) atoms. The summed E-state index contributed by atoms with van der Waals surface area (Å²) in [6.45, 7) is 3.36. The fourth-order valence-corrected chi connectivity index (χ4v) is 1.30. The van der Waals surface area contributed by atoms with Crippen molar-refractivity contribution in [1.82, 2.24) is 0 Å². The smallest absolute Gasteiger partial charge is 0.335 e. The highest BCUT2D eigenvalue weighted by Crippen LogP contribution is 2.50. The number of carboxylic acid groups (broad SMARTS) is 1. The Balaban J connectivity index is 2.52. The Morgan fingerprint density at radius 1 is 1.64 bits per heavy atom. The van der Waals surface area contributed by atoms with Crippen LogP contribution in [-0.2, 0) is 4.79 Å². The first-order chi connectivity index (χ1) is 4.86. The SMILES string of the molecule is CC1(CC(C)(O)C(=O)O)CC1. The van der Waals surface area contributed by atoms with E-state index in [2.05, 4.69) is 0 Å². The largest absolute Gasteiger partial charge is 0.479 e. The number of rotatable bonds is 3. The fraction of sp³-hybridized carbons (Fsp3) is 0.875. The van der Waals surface area contributed by atoms with Gasteiger partial charge < -0.3 is 10.2 Å². The van der Waals surface area contributed by atoms with Gasteiger partial charge >= 0.3 is 5.97 Å². The first-order valence-corrected chi connectivity index (χ1v) is 3.82. The molecule has 0 saturated heterocycles. The van der Waals surface area contributed by atoms with Gasteiger partial charge in [-0.3, -0.25) is 0 Å². The Hall–Kier alpha value is -0.570. The van der Waals surface area contributed by atoms with Crippen molar-refractivity contribution in [2.75, 3.05) is 0 Å². The molecule has 0 amide bonds. The molecule has 1 aliphatic carbocycles. The number of carboxylic acids is 1. The van der Waals surface area contributed by atoms with E-state index in [4.69, 9.17) is 5.11 Å². The van der Waals surface area contributed by atoms with Crippen LogP contribution in [0.5, 0.6) is 0 Å². The van der Waals surface area contributed by atoms with Crippen LogP contribution in [0.4, 0.5) is 0 Å². The predicted octanol–water partition coefficient (Wildman–Crippen LogP) is 1.01. The summed E-state index contributed by atoms with van der Waals surface area (Å²) in [4.78, 5) is 10.5. The first kappa shape index (κ1) is 8.53. The Labute approximate surface area is 66.0 Å². The third kappa shape index (κ3) is 1.93. The van der Waals surface area contributed by atoms with Crippen molar-refractivity contribution in [2.45, 2.75) is 38.7 Å². The minimum absolute atomic E-state index is 0.0852. The van der Waals surface area contributed by atoms with Gasteiger partial charge in [0.25, 0.3) is 0 Å². The van der Waals surface area contributed by atoms with Crippen molar-refractivity contribution in [3.8, 4) is 0 Å². The molecule has 0 bridgehead atoms. The summed E-state index contributed by atoms with van der Waals surface area (Å²) in [5, 5.41) is 18.0. The monoisotopic (exact) mass is 158 g/mol. The molecule has 0 aromatic rings. The lowest BCUT2D eigenvalue weighted by molar-refractivity contribution is -0.158. The predicted molar refractivity (Wildman–Crippen MR) is 40.2 cm³/mol. The van der Waals surface area contributed by atoms with Crippen molar-refractivity contribution in [3.05, 3.63) is 0 Å². The van der Waals surface area contributed by atoms with E-state index >= 15 is 0 Å². The zero-order valence-electron chi connectivity index (χ0n) is 6.92. The third-order valence-electron chi connectivity index (χ3n) is 2.34. The summed E-state index contributed by atoms with van der Waals surface area (Å²) in [6.07, 6.45) is 2.45. The molecular weight excluding hydrogens is 144 g/mol. The minimum atomic E-state index is -1.54. The van der Waals surface area contributed by atoms with Crippen LogP contribution < -0.4 is 0 Å². The van der Waals surface area contributed by atoms with Crippen molar-refractivity contribution >= 4 is 5.97 Å². The van der Waals surface area contributed by atoms with Crippen molar-refractivity contribution in [2.24, 2.45) is 5.41 Å². The lowest BCUT2D eigenvalue weighted by Gasteiger charge is -2.21. The third-order valence-corrected chi connectivity index (χ3v) is 2.34. The normalized spacial score (nSPS) is 25.7. The summed E-state index contributed by atoms with van der Waals surface area (Å²) in [5.74, 6) is -1.12. The van der Waals surface area contributed by atoms with Gasteiger partial charge in [0.2, 0.25) is 0 Å². The Bertz CT molecular complexity index is 180. The summed E-state index contributed by atoms with van der Waals surface area (Å²) in [5.41, 5.74) is -1.45. The van der Waals surface area contributed by atoms with Crippen LogP contribution in [0.25, 0.3) is 0 Å². The molecule has 0 heterocycles. The Morgan fingerprint density at radius 2 is 2.09 bits per heavy atom. The average Bonchev–Trinajstić information content (AvgIpc) is 2.45. The molecule has 64 valence electrons. The Morgan fingerprint density at radius 3 is 2.36 bits per heavy atom. The molecule has 0 aromatic heterocycles. The molecule has 1 aliphatic rings. The molecule has 0 aliphatic heterocycles. The molecule has 0 aromatic carbocycles. The number of hydrogen-bond acceptors (Lipinski definition) is 2. The van der Waals surface area contributed by atoms with Gasteiger partial charge in [-0.25, -0.2) is 4.79 Å². The van der Waals surface area contributed by atoms with E-state index in [9.17, 15) is 9.90 Å². The van der Waals surface area contributed by atoms with Crippen molar-refractivity contribution in [1.29, 1.82) is 0 Å². The average molecular weight is 158 g/mol. The van der Waals surface area contributed by atoms with Crippen LogP contribution in [-0.4, -0.2) is 21.8 Å². The van der Waals surface area contributed by atoms with Gasteiger partial charge in [-0.2, -0.15) is 0 Å². The van der Waals surface area contributed by atoms with Crippen molar-refractivity contribution < 1.29 is 15.0 Å². The summed E-state index contributed by atoms with van der Waals surface area (Å²) >= 11 is 0. The molecule has 1 rings (SSSR count). The second-order valence-corrected chi connectivity index (χ2v) is 4.07. The van der Waals surface area contributed by atoms with Gasteiger partial charge in [-0.1, -0.05) is 6.92 Å². The van der Waals surface area contributed by atoms with Crippen LogP contribution in [0, 0.1) is 5.41 Å². The van der Waals surface area contributed by atoms with Gasteiger partial charge in [-0.15, -0.1) is 0 Å². The van der Waals surface area contributed by atoms with Gasteiger partial charge in [0.05, 0.1) is 0 Å². The molecule has 1 saturated carbocycles. The number of hydrogen-bond donors (Lipinski definition) is 2. The highest BCUT2D eigenvalue weighted by molar-refractivity contribution is 5.76. The second-order valence-electron chi connectivity index (χ2n) is 4.07. The lowest BCUT2D eigenvalue weighted by Crippen LogP contribution is -2.36. The first-order valence-electron chi connectivity index (χ1n) is 3.82. The lowest BCUT2D eigenvalue weighted by atomic mass is 9.91. The maximum absolute atomic E-state index is 10.5. The fourth-order valence-electron chi connectivity index (χ4n) is 1.30. The van der Waals surface area contributed by atoms with Gasteiger partial charge in [0, 0.05) is 0 Å². The van der Waals surface area contributed by atoms with E-state index in [1.165, 1.54) is 6.92 Å². The summed E-state index contributed by atoms with van der Waals surface area (Å²) < 4.78 is 0. The van der Waals surface area contributed by atoms with E-state index < -0.39 is 11.6 Å². The standard InChI is InChI=1S/C8H14O3/c1-7(3-4-7)5-8(2,11)6(9)10/h11H,3-5H2,1-2H3,(H,9,10). The quantitative estimate of drug-likeness (QED) is 0.644. The number of carbonyl (C=O) groups is 1. The van der Waals surface area contributed by atoms with E-state index in [-0.39, 0.29) is 5.41 Å². The molecule has 0 radical (unpaired) electrons. The summed E-state index contributed by atoms with van der Waals surface area (Å²) in [7, 11) is 0. The maximum atomic E-state index is 10.5. The van der Waals surface area contributed by atoms with Crippen LogP contribution in [0.1, 0.15) is 33.1 Å². The summed E-state index contributed by atoms with van der Waals surface area (Å²) in [6, 6.07) is 0. The maximum Gasteiger partial charge on any atom is 0.335 e. The molecule has 3 heteroatoms. The molecule has 1 atom stereocenters. The van der Waals surface area contributed by atoms with Gasteiger partial charge in [0.15, 0.2) is 5.60 Å². The van der Waals surface area contributed by atoms with Crippen LogP contribution >= 0.6 is 0 Å².